The molecule has 72 valence electrons. The van der Waals surface area contributed by atoms with E-state index in [2.05, 4.69) is 15.9 Å². The minimum absolute atomic E-state index is 0.0911. The van der Waals surface area contributed by atoms with Crippen molar-refractivity contribution < 1.29 is 8.42 Å². The first kappa shape index (κ1) is 10.7. The minimum Gasteiger partial charge on any atom is -0.229 e. The molecule has 0 saturated carbocycles. The van der Waals surface area contributed by atoms with Crippen LogP contribution in [0.3, 0.4) is 0 Å². The Labute approximate surface area is 87.0 Å². The van der Waals surface area contributed by atoms with Crippen LogP contribution in [0.15, 0.2) is 22.7 Å². The van der Waals surface area contributed by atoms with Gasteiger partial charge in [-0.05, 0) is 24.1 Å². The molecule has 0 radical (unpaired) electrons. The first-order chi connectivity index (χ1) is 5.88. The second kappa shape index (κ2) is 3.80. The van der Waals surface area contributed by atoms with E-state index >= 15 is 0 Å². The molecular weight excluding hydrogens is 252 g/mol. The molecule has 2 nitrogen and oxygen atoms in total. The number of sulfone groups is 1. The van der Waals surface area contributed by atoms with Crippen molar-refractivity contribution >= 4 is 25.8 Å². The second-order valence-corrected chi connectivity index (χ2v) is 6.16. The van der Waals surface area contributed by atoms with Crippen molar-refractivity contribution in [2.45, 2.75) is 12.7 Å². The summed E-state index contributed by atoms with van der Waals surface area (Å²) in [6, 6.07) is 5.66. The summed E-state index contributed by atoms with van der Waals surface area (Å²) in [5.41, 5.74) is 1.93. The van der Waals surface area contributed by atoms with E-state index < -0.39 is 9.84 Å². The van der Waals surface area contributed by atoms with Gasteiger partial charge in [0.2, 0.25) is 0 Å². The molecule has 0 fully saturated rings. The van der Waals surface area contributed by atoms with Gasteiger partial charge in [0.1, 0.15) is 0 Å². The van der Waals surface area contributed by atoms with Crippen molar-refractivity contribution in [2.24, 2.45) is 0 Å². The van der Waals surface area contributed by atoms with Gasteiger partial charge in [-0.25, -0.2) is 8.42 Å². The molecule has 13 heavy (non-hydrogen) atoms. The van der Waals surface area contributed by atoms with E-state index in [0.717, 1.165) is 15.6 Å². The van der Waals surface area contributed by atoms with Crippen LogP contribution in [0.4, 0.5) is 0 Å². The second-order valence-electron chi connectivity index (χ2n) is 3.16. The molecule has 0 saturated heterocycles. The third kappa shape index (κ3) is 3.48. The van der Waals surface area contributed by atoms with Gasteiger partial charge in [0.25, 0.3) is 0 Å². The highest BCUT2D eigenvalue weighted by Gasteiger charge is 2.07. The van der Waals surface area contributed by atoms with E-state index in [1.54, 1.807) is 0 Å². The highest BCUT2D eigenvalue weighted by atomic mass is 79.9. The van der Waals surface area contributed by atoms with E-state index in [0.29, 0.717) is 0 Å². The Kier molecular flexibility index (Phi) is 3.14. The first-order valence-corrected chi connectivity index (χ1v) is 6.66. The molecule has 0 heterocycles. The highest BCUT2D eigenvalue weighted by molar-refractivity contribution is 9.10. The summed E-state index contributed by atoms with van der Waals surface area (Å²) in [7, 11) is -2.94. The van der Waals surface area contributed by atoms with E-state index in [4.69, 9.17) is 0 Å². The first-order valence-electron chi connectivity index (χ1n) is 3.81. The minimum atomic E-state index is -2.94. The molecule has 0 amide bonds. The van der Waals surface area contributed by atoms with Crippen molar-refractivity contribution in [1.82, 2.24) is 0 Å². The molecule has 0 aliphatic heterocycles. The normalized spacial score (nSPS) is 11.6. The topological polar surface area (TPSA) is 34.1 Å². The van der Waals surface area contributed by atoms with Gasteiger partial charge in [0.05, 0.1) is 5.75 Å². The molecule has 1 rings (SSSR count). The van der Waals surface area contributed by atoms with Gasteiger partial charge in [-0.2, -0.15) is 0 Å². The molecule has 0 unspecified atom stereocenters. The Morgan fingerprint density at radius 1 is 1.38 bits per heavy atom. The van der Waals surface area contributed by atoms with Crippen LogP contribution in [-0.4, -0.2) is 14.7 Å². The smallest absolute Gasteiger partial charge is 0.151 e. The van der Waals surface area contributed by atoms with Gasteiger partial charge in [-0.15, -0.1) is 0 Å². The third-order valence-corrected chi connectivity index (χ3v) is 3.20. The third-order valence-electron chi connectivity index (χ3n) is 1.63. The van der Waals surface area contributed by atoms with Gasteiger partial charge in [-0.1, -0.05) is 28.1 Å². The number of hydrogen-bond acceptors (Lipinski definition) is 2. The van der Waals surface area contributed by atoms with Crippen molar-refractivity contribution in [1.29, 1.82) is 0 Å². The molecule has 0 aliphatic carbocycles. The Balaban J connectivity index is 3.04. The standard InChI is InChI=1S/C9H11BrO2S/c1-7-3-4-8(9(10)5-7)6-13(2,11)12/h3-5H,6H2,1-2H3. The number of halogens is 1. The Morgan fingerprint density at radius 2 is 2.00 bits per heavy atom. The molecule has 0 spiro atoms. The summed E-state index contributed by atoms with van der Waals surface area (Å²) in [4.78, 5) is 0. The van der Waals surface area contributed by atoms with Gasteiger partial charge in [0, 0.05) is 10.7 Å². The fourth-order valence-corrected chi connectivity index (χ4v) is 2.69. The summed E-state index contributed by atoms with van der Waals surface area (Å²) >= 11 is 3.34. The van der Waals surface area contributed by atoms with Gasteiger partial charge in [0.15, 0.2) is 9.84 Å². The zero-order chi connectivity index (χ0) is 10.1. The van der Waals surface area contributed by atoms with Crippen LogP contribution < -0.4 is 0 Å². The molecular formula is C9H11BrO2S. The lowest BCUT2D eigenvalue weighted by Gasteiger charge is -2.03. The highest BCUT2D eigenvalue weighted by Crippen LogP contribution is 2.20. The largest absolute Gasteiger partial charge is 0.229 e. The van der Waals surface area contributed by atoms with Crippen LogP contribution in [0.25, 0.3) is 0 Å². The number of hydrogen-bond donors (Lipinski definition) is 0. The predicted molar refractivity (Wildman–Crippen MR) is 57.4 cm³/mol. The molecule has 1 aromatic rings. The maximum absolute atomic E-state index is 11.0. The van der Waals surface area contributed by atoms with Crippen LogP contribution >= 0.6 is 15.9 Å². The summed E-state index contributed by atoms with van der Waals surface area (Å²) in [6.07, 6.45) is 1.24. The average Bonchev–Trinajstić information content (AvgIpc) is 1.93. The van der Waals surface area contributed by atoms with Crippen LogP contribution in [-0.2, 0) is 15.6 Å². The van der Waals surface area contributed by atoms with Crippen LogP contribution in [0.5, 0.6) is 0 Å². The Morgan fingerprint density at radius 3 is 2.46 bits per heavy atom. The van der Waals surface area contributed by atoms with E-state index in [1.165, 1.54) is 6.26 Å². The molecule has 0 N–H and O–H groups in total. The number of benzene rings is 1. The van der Waals surface area contributed by atoms with Crippen molar-refractivity contribution in [3.8, 4) is 0 Å². The average molecular weight is 263 g/mol. The quantitative estimate of drug-likeness (QED) is 0.820. The molecule has 1 aromatic carbocycles. The SMILES string of the molecule is Cc1ccc(CS(C)(=O)=O)c(Br)c1. The fraction of sp³-hybridized carbons (Fsp3) is 0.333. The van der Waals surface area contributed by atoms with E-state index in [-0.39, 0.29) is 5.75 Å². The Hall–Kier alpha value is -0.350. The van der Waals surface area contributed by atoms with Crippen molar-refractivity contribution in [2.75, 3.05) is 6.26 Å². The summed E-state index contributed by atoms with van der Waals surface area (Å²) in [6.45, 7) is 1.97. The van der Waals surface area contributed by atoms with Gasteiger partial charge in [-0.3, -0.25) is 0 Å². The number of rotatable bonds is 2. The van der Waals surface area contributed by atoms with E-state index in [9.17, 15) is 8.42 Å². The maximum Gasteiger partial charge on any atom is 0.151 e. The van der Waals surface area contributed by atoms with Crippen LogP contribution in [0.1, 0.15) is 11.1 Å². The summed E-state index contributed by atoms with van der Waals surface area (Å²) < 4.78 is 22.9. The lowest BCUT2D eigenvalue weighted by Crippen LogP contribution is -2.01. The monoisotopic (exact) mass is 262 g/mol. The lowest BCUT2D eigenvalue weighted by molar-refractivity contribution is 0.601. The summed E-state index contributed by atoms with van der Waals surface area (Å²) in [5.74, 6) is 0.0911. The molecule has 0 bridgehead atoms. The fourth-order valence-electron chi connectivity index (χ4n) is 1.05. The molecule has 0 atom stereocenters. The van der Waals surface area contributed by atoms with Crippen LogP contribution in [0, 0.1) is 6.92 Å². The number of aryl methyl sites for hydroxylation is 1. The van der Waals surface area contributed by atoms with Crippen molar-refractivity contribution in [3.05, 3.63) is 33.8 Å². The van der Waals surface area contributed by atoms with Gasteiger partial charge >= 0.3 is 0 Å². The van der Waals surface area contributed by atoms with Crippen molar-refractivity contribution in [3.63, 3.8) is 0 Å². The molecule has 0 aliphatic rings. The zero-order valence-electron chi connectivity index (χ0n) is 7.54. The van der Waals surface area contributed by atoms with Gasteiger partial charge < -0.3 is 0 Å². The van der Waals surface area contributed by atoms with Crippen LogP contribution in [0.2, 0.25) is 0 Å². The summed E-state index contributed by atoms with van der Waals surface area (Å²) in [5, 5.41) is 0. The van der Waals surface area contributed by atoms with E-state index in [1.807, 2.05) is 25.1 Å². The molecule has 4 heteroatoms. The predicted octanol–water partition coefficient (Wildman–Crippen LogP) is 2.30. The molecule has 0 aromatic heterocycles. The Bertz CT molecular complexity index is 410. The maximum atomic E-state index is 11.0. The zero-order valence-corrected chi connectivity index (χ0v) is 9.94. The lowest BCUT2D eigenvalue weighted by atomic mass is 10.2.